The van der Waals surface area contributed by atoms with Crippen LogP contribution in [0.5, 0.6) is 0 Å². The minimum Gasteiger partial charge on any atom is -0.292 e. The van der Waals surface area contributed by atoms with Gasteiger partial charge >= 0.3 is 0 Å². The molecule has 0 saturated carbocycles. The summed E-state index contributed by atoms with van der Waals surface area (Å²) in [4.78, 5) is 9.33. The van der Waals surface area contributed by atoms with Crippen LogP contribution in [0, 0.1) is 0 Å². The first-order valence-electron chi connectivity index (χ1n) is 12.5. The van der Waals surface area contributed by atoms with Gasteiger partial charge in [-0.15, -0.1) is 59.2 Å². The number of hydrogen-bond donors (Lipinski definition) is 2. The molecule has 1 aliphatic rings. The van der Waals surface area contributed by atoms with Crippen molar-refractivity contribution in [2.45, 2.75) is 23.9 Å². The van der Waals surface area contributed by atoms with Crippen LogP contribution in [0.25, 0.3) is 0 Å². The molecule has 6 heteroatoms. The smallest absolute Gasteiger partial charge is 0.114 e. The van der Waals surface area contributed by atoms with E-state index in [1.54, 1.807) is 0 Å². The summed E-state index contributed by atoms with van der Waals surface area (Å²) in [6.07, 6.45) is 17.3. The second-order valence-electron chi connectivity index (χ2n) is 8.66. The normalized spacial score (nSPS) is 20.8. The molecule has 0 spiro atoms. The van der Waals surface area contributed by atoms with Gasteiger partial charge in [-0.2, -0.15) is 0 Å². The molecule has 0 radical (unpaired) electrons. The molecule has 1 rings (SSSR count). The molecule has 3 atom stereocenters. The Hall–Kier alpha value is -2.58. The van der Waals surface area contributed by atoms with Crippen molar-refractivity contribution in [3.8, 4) is 0 Å². The zero-order chi connectivity index (χ0) is 27.0. The Morgan fingerprint density at radius 3 is 1.33 bits per heavy atom. The molecule has 0 aromatic rings. The summed E-state index contributed by atoms with van der Waals surface area (Å²) >= 11 is 0. The fourth-order valence-corrected chi connectivity index (χ4v) is 5.23. The van der Waals surface area contributed by atoms with E-state index < -0.39 is 5.66 Å². The highest BCUT2D eigenvalue weighted by molar-refractivity contribution is 5.21. The molecule has 6 nitrogen and oxygen atoms in total. The van der Waals surface area contributed by atoms with Gasteiger partial charge < -0.3 is 0 Å². The van der Waals surface area contributed by atoms with Gasteiger partial charge in [-0.1, -0.05) is 54.7 Å². The van der Waals surface area contributed by atoms with Crippen molar-refractivity contribution in [3.63, 3.8) is 0 Å². The lowest BCUT2D eigenvalue weighted by Crippen LogP contribution is -2.83. The fourth-order valence-electron chi connectivity index (χ4n) is 5.23. The van der Waals surface area contributed by atoms with Crippen molar-refractivity contribution in [1.29, 1.82) is 0 Å². The lowest BCUT2D eigenvalue weighted by molar-refractivity contribution is -0.115. The Balaban J connectivity index is 3.97. The topological polar surface area (TPSA) is 37.0 Å². The minimum atomic E-state index is -0.660. The van der Waals surface area contributed by atoms with Crippen molar-refractivity contribution in [2.24, 2.45) is 0 Å². The second kappa shape index (κ2) is 17.0. The summed E-state index contributed by atoms with van der Waals surface area (Å²) in [7, 11) is 0. The Labute approximate surface area is 220 Å². The Kier molecular flexibility index (Phi) is 14.8. The van der Waals surface area contributed by atoms with Crippen molar-refractivity contribution >= 4 is 0 Å². The van der Waals surface area contributed by atoms with E-state index in [2.05, 4.69) is 89.4 Å². The molecule has 0 bridgehead atoms. The van der Waals surface area contributed by atoms with E-state index in [0.717, 1.165) is 0 Å². The molecule has 0 aromatic heterocycles. The largest absolute Gasteiger partial charge is 0.292 e. The van der Waals surface area contributed by atoms with Crippen LogP contribution in [-0.4, -0.2) is 96.1 Å². The third-order valence-corrected chi connectivity index (χ3v) is 6.48. The molecule has 1 saturated heterocycles. The number of rotatable bonds is 21. The SMILES string of the molecule is C=CCN(CC=C)C(C=C)N1CNCNC1(C(C=C)N(CC=C)CC=C)C(C=C)N(CC=C)CC=C. The van der Waals surface area contributed by atoms with Crippen LogP contribution in [0.3, 0.4) is 0 Å². The lowest BCUT2D eigenvalue weighted by atomic mass is 9.85. The Bertz CT molecular complexity index is 705. The summed E-state index contributed by atoms with van der Waals surface area (Å²) in [6.45, 7) is 42.2. The first-order chi connectivity index (χ1) is 17.5. The van der Waals surface area contributed by atoms with E-state index in [1.165, 1.54) is 0 Å². The molecule has 1 heterocycles. The minimum absolute atomic E-state index is 0.144. The van der Waals surface area contributed by atoms with Crippen molar-refractivity contribution in [1.82, 2.24) is 30.2 Å². The van der Waals surface area contributed by atoms with E-state index in [1.807, 2.05) is 54.7 Å². The predicted octanol–water partition coefficient (Wildman–Crippen LogP) is 3.74. The van der Waals surface area contributed by atoms with Gasteiger partial charge in [0.2, 0.25) is 0 Å². The third-order valence-electron chi connectivity index (χ3n) is 6.48. The molecule has 0 aromatic carbocycles. The summed E-state index contributed by atoms with van der Waals surface area (Å²) < 4.78 is 0. The van der Waals surface area contributed by atoms with Gasteiger partial charge in [0.15, 0.2) is 0 Å². The van der Waals surface area contributed by atoms with Crippen molar-refractivity contribution in [2.75, 3.05) is 52.6 Å². The number of hydrogen-bond acceptors (Lipinski definition) is 6. The van der Waals surface area contributed by atoms with Gasteiger partial charge in [-0.25, -0.2) is 4.90 Å². The van der Waals surface area contributed by atoms with Crippen molar-refractivity contribution < 1.29 is 0 Å². The summed E-state index contributed by atoms with van der Waals surface area (Å²) in [5.74, 6) is 0. The fraction of sp³-hybridized carbons (Fsp3) is 0.400. The second-order valence-corrected chi connectivity index (χ2v) is 8.66. The highest BCUT2D eigenvalue weighted by Gasteiger charge is 2.54. The van der Waals surface area contributed by atoms with Crippen LogP contribution in [0.2, 0.25) is 0 Å². The van der Waals surface area contributed by atoms with Gasteiger partial charge in [-0.05, 0) is 0 Å². The molecule has 0 aliphatic carbocycles. The third kappa shape index (κ3) is 7.23. The van der Waals surface area contributed by atoms with Gasteiger partial charge in [0, 0.05) is 45.9 Å². The summed E-state index contributed by atoms with van der Waals surface area (Å²) in [5, 5.41) is 7.37. The molecular weight excluding hydrogens is 444 g/mol. The highest BCUT2D eigenvalue weighted by atomic mass is 15.5. The van der Waals surface area contributed by atoms with Crippen LogP contribution >= 0.6 is 0 Å². The Morgan fingerprint density at radius 1 is 0.611 bits per heavy atom. The predicted molar refractivity (Wildman–Crippen MR) is 158 cm³/mol. The van der Waals surface area contributed by atoms with Gasteiger partial charge in [0.25, 0.3) is 0 Å². The van der Waals surface area contributed by atoms with Crippen LogP contribution in [0.4, 0.5) is 0 Å². The average molecular weight is 493 g/mol. The Morgan fingerprint density at radius 2 is 1.00 bits per heavy atom. The van der Waals surface area contributed by atoms with Crippen LogP contribution < -0.4 is 10.6 Å². The van der Waals surface area contributed by atoms with Crippen molar-refractivity contribution in [3.05, 3.63) is 114 Å². The average Bonchev–Trinajstić information content (AvgIpc) is 2.87. The maximum atomic E-state index is 4.31. The molecule has 1 aliphatic heterocycles. The molecule has 198 valence electrons. The molecule has 0 amide bonds. The van der Waals surface area contributed by atoms with E-state index >= 15 is 0 Å². The zero-order valence-corrected chi connectivity index (χ0v) is 22.2. The highest BCUT2D eigenvalue weighted by Crippen LogP contribution is 2.34. The van der Waals surface area contributed by atoms with Gasteiger partial charge in [0.05, 0.1) is 24.9 Å². The number of nitrogens with zero attached hydrogens (tertiary/aromatic N) is 4. The molecule has 3 unspecified atom stereocenters. The quantitative estimate of drug-likeness (QED) is 0.238. The van der Waals surface area contributed by atoms with Crippen LogP contribution in [-0.2, 0) is 0 Å². The zero-order valence-electron chi connectivity index (χ0n) is 22.2. The molecule has 36 heavy (non-hydrogen) atoms. The summed E-state index contributed by atoms with van der Waals surface area (Å²) in [6, 6.07) is -0.292. The molecular formula is C30H48N6. The van der Waals surface area contributed by atoms with Crippen LogP contribution in [0.1, 0.15) is 0 Å². The standard InChI is InChI=1S/C30H48N6/c1-10-19-33(20-11-2)27(16-7)30(28(17-8)34(21-12-3)22-13-4)32-25-31-26-36(30)29(18-9)35(23-14-5)24-15-6/h10-18,27-29,31-32H,1-9,19-26H2. The first-order valence-corrected chi connectivity index (χ1v) is 12.5. The monoisotopic (exact) mass is 492 g/mol. The van der Waals surface area contributed by atoms with E-state index in [4.69, 9.17) is 0 Å². The summed E-state index contributed by atoms with van der Waals surface area (Å²) in [5.41, 5.74) is -0.660. The molecule has 2 N–H and O–H groups in total. The van der Waals surface area contributed by atoms with E-state index in [9.17, 15) is 0 Å². The van der Waals surface area contributed by atoms with E-state index in [-0.39, 0.29) is 18.2 Å². The lowest BCUT2D eigenvalue weighted by Gasteiger charge is -2.61. The van der Waals surface area contributed by atoms with Gasteiger partial charge in [-0.3, -0.25) is 25.3 Å². The maximum absolute atomic E-state index is 4.31. The van der Waals surface area contributed by atoms with Gasteiger partial charge in [0.1, 0.15) is 5.66 Å². The molecule has 1 fully saturated rings. The van der Waals surface area contributed by atoms with E-state index in [0.29, 0.717) is 52.6 Å². The van der Waals surface area contributed by atoms with Crippen LogP contribution in [0.15, 0.2) is 114 Å². The maximum Gasteiger partial charge on any atom is 0.114 e. The number of nitrogens with one attached hydrogen (secondary N) is 2. The first kappa shape index (κ1) is 31.4.